The fraction of sp³-hybridized carbons (Fsp3) is 0.519. The molecule has 5 rings (SSSR count). The number of aromatic nitrogens is 1. The maximum atomic E-state index is 13.6. The third-order valence-electron chi connectivity index (χ3n) is 8.08. The Kier molecular flexibility index (Phi) is 7.01. The number of amides is 2. The minimum absolute atomic E-state index is 0.0544. The zero-order valence-electron chi connectivity index (χ0n) is 19.9. The number of pyridine rings is 1. The van der Waals surface area contributed by atoms with Crippen molar-refractivity contribution in [3.05, 3.63) is 58.4 Å². The van der Waals surface area contributed by atoms with E-state index in [2.05, 4.69) is 10.3 Å². The van der Waals surface area contributed by atoms with E-state index in [1.165, 1.54) is 6.07 Å². The van der Waals surface area contributed by atoms with Crippen molar-refractivity contribution in [3.8, 4) is 0 Å². The van der Waals surface area contributed by atoms with Crippen LogP contribution in [-0.4, -0.2) is 34.5 Å². The van der Waals surface area contributed by atoms with Crippen LogP contribution >= 0.6 is 11.6 Å². The van der Waals surface area contributed by atoms with Gasteiger partial charge in [-0.25, -0.2) is 8.78 Å². The van der Waals surface area contributed by atoms with Crippen LogP contribution in [0.2, 0.25) is 5.02 Å². The lowest BCUT2D eigenvalue weighted by Crippen LogP contribution is -2.47. The number of fused-ring (bicyclic) bond motifs is 1. The van der Waals surface area contributed by atoms with Gasteiger partial charge >= 0.3 is 0 Å². The number of nitrogens with zero attached hydrogens (tertiary/aromatic N) is 2. The fourth-order valence-corrected chi connectivity index (χ4v) is 6.36. The highest BCUT2D eigenvalue weighted by atomic mass is 35.5. The Bertz CT molecular complexity index is 1150. The Morgan fingerprint density at radius 1 is 1.17 bits per heavy atom. The predicted molar refractivity (Wildman–Crippen MR) is 132 cm³/mol. The van der Waals surface area contributed by atoms with Crippen molar-refractivity contribution < 1.29 is 23.5 Å². The lowest BCUT2D eigenvalue weighted by molar-refractivity contribution is -0.142. The first kappa shape index (κ1) is 25.1. The van der Waals surface area contributed by atoms with Crippen LogP contribution in [0, 0.1) is 11.8 Å². The third-order valence-corrected chi connectivity index (χ3v) is 8.29. The quantitative estimate of drug-likeness (QED) is 0.538. The summed E-state index contributed by atoms with van der Waals surface area (Å²) in [5, 5.41) is 14.6. The number of anilines is 1. The van der Waals surface area contributed by atoms with E-state index in [1.54, 1.807) is 4.90 Å². The molecular formula is C27H30ClF2N3O3. The third kappa shape index (κ3) is 4.50. The number of hydrogen-bond donors (Lipinski definition) is 2. The van der Waals surface area contributed by atoms with Gasteiger partial charge in [0.2, 0.25) is 0 Å². The first-order valence-electron chi connectivity index (χ1n) is 12.7. The molecule has 0 spiro atoms. The Morgan fingerprint density at radius 3 is 2.56 bits per heavy atom. The molecule has 0 saturated heterocycles. The molecule has 3 aliphatic rings. The first-order chi connectivity index (χ1) is 17.3. The van der Waals surface area contributed by atoms with Gasteiger partial charge in [0.15, 0.2) is 5.60 Å². The van der Waals surface area contributed by atoms with E-state index in [1.807, 2.05) is 24.3 Å². The molecule has 1 aromatic heterocycles. The molecule has 2 saturated carbocycles. The highest BCUT2D eigenvalue weighted by Gasteiger charge is 2.55. The summed E-state index contributed by atoms with van der Waals surface area (Å²) in [4.78, 5) is 31.7. The van der Waals surface area contributed by atoms with Gasteiger partial charge in [-0.3, -0.25) is 14.6 Å². The number of rotatable bonds is 6. The van der Waals surface area contributed by atoms with Crippen LogP contribution in [0.1, 0.15) is 79.4 Å². The highest BCUT2D eigenvalue weighted by Crippen LogP contribution is 2.50. The molecule has 36 heavy (non-hydrogen) atoms. The van der Waals surface area contributed by atoms with Crippen molar-refractivity contribution in [2.24, 2.45) is 11.8 Å². The number of para-hydroxylation sites is 1. The van der Waals surface area contributed by atoms with Crippen LogP contribution in [0.4, 0.5) is 14.5 Å². The zero-order chi connectivity index (χ0) is 25.4. The average molecular weight is 518 g/mol. The standard InChI is InChI=1S/C27H30ClF2N3O3/c28-18-13-20(23(24(29)30)31-14-18)25(34)32-19-11-9-16(10-12-19)15-33-22-8-4-3-7-21(22)27(36,26(33)35)17-5-1-2-6-17/h3-4,7-8,13-14,16-17,19,24,36H,1-2,5-6,9-12,15H2,(H,32,34). The number of carbonyl (C=O) groups excluding carboxylic acids is 2. The molecule has 1 aliphatic heterocycles. The van der Waals surface area contributed by atoms with E-state index in [0.29, 0.717) is 24.9 Å². The van der Waals surface area contributed by atoms with Crippen LogP contribution in [0.25, 0.3) is 0 Å². The summed E-state index contributed by atoms with van der Waals surface area (Å²) in [5.41, 5.74) is -0.726. The van der Waals surface area contributed by atoms with Gasteiger partial charge in [0.1, 0.15) is 5.69 Å². The predicted octanol–water partition coefficient (Wildman–Crippen LogP) is 5.39. The van der Waals surface area contributed by atoms with Gasteiger partial charge in [0.25, 0.3) is 18.2 Å². The normalized spacial score (nSPS) is 26.5. The molecule has 2 fully saturated rings. The largest absolute Gasteiger partial charge is 0.375 e. The second-order valence-corrected chi connectivity index (χ2v) is 10.7. The Balaban J connectivity index is 1.23. The molecule has 1 atom stereocenters. The van der Waals surface area contributed by atoms with E-state index >= 15 is 0 Å². The topological polar surface area (TPSA) is 82.5 Å². The van der Waals surface area contributed by atoms with Gasteiger partial charge in [-0.1, -0.05) is 42.6 Å². The average Bonchev–Trinajstić information content (AvgIpc) is 3.49. The molecule has 6 nitrogen and oxygen atoms in total. The molecule has 9 heteroatoms. The molecule has 2 aromatic rings. The summed E-state index contributed by atoms with van der Waals surface area (Å²) in [5.74, 6) is -0.667. The zero-order valence-corrected chi connectivity index (χ0v) is 20.7. The van der Waals surface area contributed by atoms with E-state index < -0.39 is 23.6 Å². The lowest BCUT2D eigenvalue weighted by Gasteiger charge is -2.33. The van der Waals surface area contributed by atoms with Gasteiger partial charge in [0.05, 0.1) is 16.3 Å². The maximum absolute atomic E-state index is 13.6. The van der Waals surface area contributed by atoms with Crippen molar-refractivity contribution in [1.82, 2.24) is 10.3 Å². The minimum atomic E-state index is -2.87. The van der Waals surface area contributed by atoms with Crippen molar-refractivity contribution >= 4 is 29.1 Å². The van der Waals surface area contributed by atoms with Gasteiger partial charge in [-0.2, -0.15) is 0 Å². The van der Waals surface area contributed by atoms with Crippen LogP contribution in [0.15, 0.2) is 36.5 Å². The van der Waals surface area contributed by atoms with Gasteiger partial charge in [-0.05, 0) is 56.6 Å². The van der Waals surface area contributed by atoms with Crippen molar-refractivity contribution in [2.45, 2.75) is 69.4 Å². The number of nitrogens with one attached hydrogen (secondary N) is 1. The number of halogens is 3. The summed E-state index contributed by atoms with van der Waals surface area (Å²) >= 11 is 5.88. The van der Waals surface area contributed by atoms with Crippen LogP contribution < -0.4 is 10.2 Å². The molecular weight excluding hydrogens is 488 g/mol. The number of benzene rings is 1. The molecule has 0 bridgehead atoms. The minimum Gasteiger partial charge on any atom is -0.375 e. The Hall–Kier alpha value is -2.58. The molecule has 2 amide bonds. The Labute approximate surface area is 214 Å². The maximum Gasteiger partial charge on any atom is 0.281 e. The summed E-state index contributed by atoms with van der Waals surface area (Å²) < 4.78 is 26.6. The smallest absolute Gasteiger partial charge is 0.281 e. The van der Waals surface area contributed by atoms with Gasteiger partial charge < -0.3 is 15.3 Å². The van der Waals surface area contributed by atoms with Crippen LogP contribution in [-0.2, 0) is 10.4 Å². The summed E-state index contributed by atoms with van der Waals surface area (Å²) in [6, 6.07) is 8.61. The Morgan fingerprint density at radius 2 is 1.86 bits per heavy atom. The van der Waals surface area contributed by atoms with Crippen LogP contribution in [0.5, 0.6) is 0 Å². The number of aliphatic hydroxyl groups is 1. The van der Waals surface area contributed by atoms with Gasteiger partial charge in [-0.15, -0.1) is 0 Å². The SMILES string of the molecule is O=C(NC1CCC(CN2C(=O)C(O)(C3CCCC3)c3ccccc32)CC1)c1cc(Cl)cnc1C(F)F. The molecule has 1 unspecified atom stereocenters. The molecule has 1 aromatic carbocycles. The summed E-state index contributed by atoms with van der Waals surface area (Å²) in [6.07, 6.45) is 4.89. The first-order valence-corrected chi connectivity index (χ1v) is 13.0. The van der Waals surface area contributed by atoms with Crippen molar-refractivity contribution in [2.75, 3.05) is 11.4 Å². The second-order valence-electron chi connectivity index (χ2n) is 10.3. The number of hydrogen-bond acceptors (Lipinski definition) is 4. The fourth-order valence-electron chi connectivity index (χ4n) is 6.20. The van der Waals surface area contributed by atoms with Crippen LogP contribution in [0.3, 0.4) is 0 Å². The summed E-state index contributed by atoms with van der Waals surface area (Å²) in [6.45, 7) is 0.513. The van der Waals surface area contributed by atoms with E-state index in [-0.39, 0.29) is 34.4 Å². The van der Waals surface area contributed by atoms with Gasteiger partial charge in [0, 0.05) is 30.3 Å². The molecule has 2 aliphatic carbocycles. The summed E-state index contributed by atoms with van der Waals surface area (Å²) in [7, 11) is 0. The van der Waals surface area contributed by atoms with E-state index in [9.17, 15) is 23.5 Å². The van der Waals surface area contributed by atoms with E-state index in [4.69, 9.17) is 11.6 Å². The molecule has 2 N–H and O–H groups in total. The molecule has 192 valence electrons. The van der Waals surface area contributed by atoms with Crippen molar-refractivity contribution in [3.63, 3.8) is 0 Å². The second kappa shape index (κ2) is 10.1. The van der Waals surface area contributed by atoms with Crippen molar-refractivity contribution in [1.29, 1.82) is 0 Å². The molecule has 0 radical (unpaired) electrons. The number of alkyl halides is 2. The molecule has 2 heterocycles. The lowest BCUT2D eigenvalue weighted by atomic mass is 9.81. The highest BCUT2D eigenvalue weighted by molar-refractivity contribution is 6.30. The van der Waals surface area contributed by atoms with E-state index in [0.717, 1.165) is 50.4 Å². The number of carbonyl (C=O) groups is 2. The monoisotopic (exact) mass is 517 g/mol.